The molecule has 0 aliphatic rings. The molecule has 0 unspecified atom stereocenters. The van der Waals surface area contributed by atoms with E-state index >= 15 is 0 Å². The van der Waals surface area contributed by atoms with Crippen LogP contribution in [0, 0.1) is 0 Å². The normalized spacial score (nSPS) is 11.9. The van der Waals surface area contributed by atoms with Gasteiger partial charge in [0.1, 0.15) is 5.52 Å². The predicted molar refractivity (Wildman–Crippen MR) is 115 cm³/mol. The molecule has 0 amide bonds. The molecule has 0 radical (unpaired) electrons. The monoisotopic (exact) mass is 385 g/mol. The Bertz CT molecular complexity index is 1490. The summed E-state index contributed by atoms with van der Waals surface area (Å²) < 4.78 is 8.52. The van der Waals surface area contributed by atoms with Crippen LogP contribution in [0.5, 0.6) is 0 Å². The van der Waals surface area contributed by atoms with Gasteiger partial charge in [0.05, 0.1) is 0 Å². The average molecular weight is 386 g/mol. The molecule has 0 aliphatic heterocycles. The lowest BCUT2D eigenvalue weighted by atomic mass is 10.1. The quantitative estimate of drug-likeness (QED) is 0.290. The van der Waals surface area contributed by atoms with Crippen LogP contribution in [0.2, 0.25) is 5.02 Å². The van der Waals surface area contributed by atoms with Crippen molar-refractivity contribution in [1.29, 1.82) is 0 Å². The molecular formula is C23H12ClNOS. The minimum Gasteiger partial charge on any atom is -0.436 e. The van der Waals surface area contributed by atoms with E-state index in [9.17, 15) is 0 Å². The topological polar surface area (TPSA) is 26.0 Å². The van der Waals surface area contributed by atoms with E-state index in [2.05, 4.69) is 42.5 Å². The molecule has 0 aliphatic carbocycles. The van der Waals surface area contributed by atoms with Gasteiger partial charge in [-0.05, 0) is 53.2 Å². The first kappa shape index (κ1) is 15.2. The SMILES string of the molecule is Clc1ccc2sc3ccc4oc(-c5ccc6ccccc6c5)nc4c3c2c1. The highest BCUT2D eigenvalue weighted by molar-refractivity contribution is 7.26. The third-order valence-electron chi connectivity index (χ3n) is 4.95. The first-order valence-electron chi connectivity index (χ1n) is 8.67. The van der Waals surface area contributed by atoms with Crippen LogP contribution in [0.4, 0.5) is 0 Å². The van der Waals surface area contributed by atoms with Gasteiger partial charge in [0.25, 0.3) is 0 Å². The summed E-state index contributed by atoms with van der Waals surface area (Å²) >= 11 is 8.00. The summed E-state index contributed by atoms with van der Waals surface area (Å²) in [6.07, 6.45) is 0. The number of fused-ring (bicyclic) bond motifs is 6. The van der Waals surface area contributed by atoms with Gasteiger partial charge in [-0.2, -0.15) is 0 Å². The van der Waals surface area contributed by atoms with Crippen LogP contribution in [0.3, 0.4) is 0 Å². The van der Waals surface area contributed by atoms with Gasteiger partial charge in [0.2, 0.25) is 5.89 Å². The number of rotatable bonds is 1. The average Bonchev–Trinajstić information content (AvgIpc) is 3.28. The van der Waals surface area contributed by atoms with Crippen LogP contribution in [0.15, 0.2) is 77.2 Å². The fraction of sp³-hybridized carbons (Fsp3) is 0. The molecule has 2 nitrogen and oxygen atoms in total. The minimum absolute atomic E-state index is 0.643. The highest BCUT2D eigenvalue weighted by Crippen LogP contribution is 2.40. The van der Waals surface area contributed by atoms with E-state index in [4.69, 9.17) is 21.0 Å². The maximum Gasteiger partial charge on any atom is 0.227 e. The lowest BCUT2D eigenvalue weighted by Crippen LogP contribution is -1.79. The van der Waals surface area contributed by atoms with Crippen molar-refractivity contribution in [2.45, 2.75) is 0 Å². The molecule has 0 fully saturated rings. The standard InChI is InChI=1S/C23H12ClNOS/c24-16-7-9-19-17(12-16)21-20(27-19)10-8-18-22(21)25-23(26-18)15-6-5-13-3-1-2-4-14(13)11-15/h1-12H. The number of nitrogens with zero attached hydrogens (tertiary/aromatic N) is 1. The highest BCUT2D eigenvalue weighted by Gasteiger charge is 2.15. The second kappa shape index (κ2) is 5.56. The third-order valence-corrected chi connectivity index (χ3v) is 6.32. The van der Waals surface area contributed by atoms with E-state index in [-0.39, 0.29) is 0 Å². The summed E-state index contributed by atoms with van der Waals surface area (Å²) in [5, 5.41) is 5.36. The van der Waals surface area contributed by atoms with Crippen molar-refractivity contribution < 1.29 is 4.42 Å². The predicted octanol–water partition coefficient (Wildman–Crippen LogP) is 7.67. The third kappa shape index (κ3) is 2.29. The Morgan fingerprint density at radius 3 is 2.59 bits per heavy atom. The van der Waals surface area contributed by atoms with E-state index in [1.807, 2.05) is 30.3 Å². The molecule has 4 aromatic carbocycles. The van der Waals surface area contributed by atoms with Gasteiger partial charge in [-0.25, -0.2) is 4.98 Å². The van der Waals surface area contributed by atoms with Crippen molar-refractivity contribution in [3.63, 3.8) is 0 Å². The number of hydrogen-bond acceptors (Lipinski definition) is 3. The van der Waals surface area contributed by atoms with Gasteiger partial charge in [-0.3, -0.25) is 0 Å². The van der Waals surface area contributed by atoms with E-state index in [0.717, 1.165) is 32.5 Å². The van der Waals surface area contributed by atoms with Crippen molar-refractivity contribution in [3.05, 3.63) is 77.8 Å². The summed E-state index contributed by atoms with van der Waals surface area (Å²) in [5.74, 6) is 0.643. The second-order valence-electron chi connectivity index (χ2n) is 6.61. The molecule has 2 aromatic heterocycles. The minimum atomic E-state index is 0.643. The van der Waals surface area contributed by atoms with Gasteiger partial charge in [0, 0.05) is 30.8 Å². The lowest BCUT2D eigenvalue weighted by Gasteiger charge is -1.99. The zero-order chi connectivity index (χ0) is 18.0. The molecule has 2 heterocycles. The van der Waals surface area contributed by atoms with Crippen molar-refractivity contribution in [1.82, 2.24) is 4.98 Å². The molecule has 0 saturated carbocycles. The Morgan fingerprint density at radius 2 is 1.67 bits per heavy atom. The summed E-state index contributed by atoms with van der Waals surface area (Å²) in [6, 6.07) is 24.7. The Balaban J connectivity index is 1.65. The van der Waals surface area contributed by atoms with Crippen molar-refractivity contribution in [2.24, 2.45) is 0 Å². The smallest absolute Gasteiger partial charge is 0.227 e. The summed E-state index contributed by atoms with van der Waals surface area (Å²) in [6.45, 7) is 0. The van der Waals surface area contributed by atoms with E-state index in [1.165, 1.54) is 20.2 Å². The molecule has 6 aromatic rings. The Morgan fingerprint density at radius 1 is 0.815 bits per heavy atom. The molecule has 4 heteroatoms. The molecule has 0 bridgehead atoms. The van der Waals surface area contributed by atoms with Crippen molar-refractivity contribution >= 4 is 65.0 Å². The Hall–Kier alpha value is -2.88. The number of thiophene rings is 1. The van der Waals surface area contributed by atoms with Gasteiger partial charge < -0.3 is 4.42 Å². The largest absolute Gasteiger partial charge is 0.436 e. The summed E-state index contributed by atoms with van der Waals surface area (Å²) in [5.41, 5.74) is 2.67. The maximum absolute atomic E-state index is 6.24. The number of oxazole rings is 1. The van der Waals surface area contributed by atoms with E-state index in [1.54, 1.807) is 11.3 Å². The number of benzene rings is 4. The number of halogens is 1. The van der Waals surface area contributed by atoms with Crippen LogP contribution in [0.1, 0.15) is 0 Å². The fourth-order valence-corrected chi connectivity index (χ4v) is 4.93. The van der Waals surface area contributed by atoms with Gasteiger partial charge in [0.15, 0.2) is 5.58 Å². The van der Waals surface area contributed by atoms with E-state index in [0.29, 0.717) is 5.89 Å². The van der Waals surface area contributed by atoms with Crippen LogP contribution in [0.25, 0.3) is 53.5 Å². The number of aromatic nitrogens is 1. The zero-order valence-corrected chi connectivity index (χ0v) is 15.6. The molecule has 0 saturated heterocycles. The number of hydrogen-bond donors (Lipinski definition) is 0. The lowest BCUT2D eigenvalue weighted by molar-refractivity contribution is 0.620. The van der Waals surface area contributed by atoms with Crippen LogP contribution < -0.4 is 0 Å². The van der Waals surface area contributed by atoms with Crippen molar-refractivity contribution in [3.8, 4) is 11.5 Å². The molecule has 0 spiro atoms. The van der Waals surface area contributed by atoms with Gasteiger partial charge in [-0.15, -0.1) is 11.3 Å². The molecule has 0 N–H and O–H groups in total. The molecule has 6 rings (SSSR count). The Labute approximate surface area is 163 Å². The highest BCUT2D eigenvalue weighted by atomic mass is 35.5. The summed E-state index contributed by atoms with van der Waals surface area (Å²) in [7, 11) is 0. The van der Waals surface area contributed by atoms with E-state index < -0.39 is 0 Å². The van der Waals surface area contributed by atoms with Gasteiger partial charge in [-0.1, -0.05) is 41.9 Å². The molecule has 128 valence electrons. The second-order valence-corrected chi connectivity index (χ2v) is 8.13. The molecule has 27 heavy (non-hydrogen) atoms. The zero-order valence-electron chi connectivity index (χ0n) is 14.1. The van der Waals surface area contributed by atoms with Crippen molar-refractivity contribution in [2.75, 3.05) is 0 Å². The van der Waals surface area contributed by atoms with Crippen LogP contribution in [-0.4, -0.2) is 4.98 Å². The summed E-state index contributed by atoms with van der Waals surface area (Å²) in [4.78, 5) is 4.87. The van der Waals surface area contributed by atoms with Crippen LogP contribution >= 0.6 is 22.9 Å². The molecular weight excluding hydrogens is 374 g/mol. The van der Waals surface area contributed by atoms with Crippen LogP contribution in [-0.2, 0) is 0 Å². The first-order valence-corrected chi connectivity index (χ1v) is 9.86. The van der Waals surface area contributed by atoms with Gasteiger partial charge >= 0.3 is 0 Å². The maximum atomic E-state index is 6.24. The molecule has 0 atom stereocenters. The Kier molecular flexibility index (Phi) is 3.13. The fourth-order valence-electron chi connectivity index (χ4n) is 3.67. The first-order chi connectivity index (χ1) is 13.3.